The van der Waals surface area contributed by atoms with Crippen molar-refractivity contribution >= 4 is 21.8 Å². The third kappa shape index (κ3) is 4.05. The largest absolute Gasteiger partial charge is 0.350 e. The van der Waals surface area contributed by atoms with E-state index in [4.69, 9.17) is 5.73 Å². The molecule has 0 saturated heterocycles. The Balaban J connectivity index is 1.89. The quantitative estimate of drug-likeness (QED) is 0.892. The zero-order valence-electron chi connectivity index (χ0n) is 11.3. The molecule has 1 amide bonds. The molecule has 4 heteroatoms. The topological polar surface area (TPSA) is 55.1 Å². The Morgan fingerprint density at radius 2 is 1.95 bits per heavy atom. The first-order valence-electron chi connectivity index (χ1n) is 6.82. The molecule has 1 aromatic carbocycles. The van der Waals surface area contributed by atoms with E-state index in [0.717, 1.165) is 35.7 Å². The maximum Gasteiger partial charge on any atom is 0.222 e. The number of halogens is 1. The van der Waals surface area contributed by atoms with Crippen molar-refractivity contribution in [2.24, 2.45) is 5.73 Å². The summed E-state index contributed by atoms with van der Waals surface area (Å²) in [7, 11) is 0. The molecular weight excluding hydrogens is 304 g/mol. The van der Waals surface area contributed by atoms with Crippen LogP contribution in [0.1, 0.15) is 50.6 Å². The third-order valence-corrected chi connectivity index (χ3v) is 4.39. The molecule has 2 rings (SSSR count). The fraction of sp³-hybridized carbons (Fsp3) is 0.533. The van der Waals surface area contributed by atoms with Gasteiger partial charge in [0.2, 0.25) is 5.91 Å². The van der Waals surface area contributed by atoms with E-state index in [1.54, 1.807) is 0 Å². The van der Waals surface area contributed by atoms with Crippen molar-refractivity contribution in [3.8, 4) is 0 Å². The van der Waals surface area contributed by atoms with Gasteiger partial charge >= 0.3 is 0 Å². The van der Waals surface area contributed by atoms with Crippen LogP contribution in [0, 0.1) is 0 Å². The zero-order valence-corrected chi connectivity index (χ0v) is 12.9. The molecule has 0 bridgehead atoms. The Hall–Kier alpha value is -0.870. The summed E-state index contributed by atoms with van der Waals surface area (Å²) < 4.78 is 1.04. The minimum absolute atomic E-state index is 0.0191. The van der Waals surface area contributed by atoms with Gasteiger partial charge in [0.15, 0.2) is 0 Å². The number of hydrogen-bond donors (Lipinski definition) is 2. The SMILES string of the molecule is CC(NC(=O)CC1(N)CCCC1)c1ccc(Br)cc1. The van der Waals surface area contributed by atoms with Crippen molar-refractivity contribution in [3.63, 3.8) is 0 Å². The van der Waals surface area contributed by atoms with Gasteiger partial charge in [-0.2, -0.15) is 0 Å². The maximum absolute atomic E-state index is 12.1. The predicted octanol–water partition coefficient (Wildman–Crippen LogP) is 3.29. The smallest absolute Gasteiger partial charge is 0.222 e. The van der Waals surface area contributed by atoms with Gasteiger partial charge in [-0.15, -0.1) is 0 Å². The highest BCUT2D eigenvalue weighted by Gasteiger charge is 2.31. The van der Waals surface area contributed by atoms with Gasteiger partial charge in [0.25, 0.3) is 0 Å². The van der Waals surface area contributed by atoms with Gasteiger partial charge in [0.1, 0.15) is 0 Å². The van der Waals surface area contributed by atoms with Crippen molar-refractivity contribution in [2.75, 3.05) is 0 Å². The number of carbonyl (C=O) groups excluding carboxylic acids is 1. The van der Waals surface area contributed by atoms with Crippen LogP contribution in [0.5, 0.6) is 0 Å². The lowest BCUT2D eigenvalue weighted by Crippen LogP contribution is -2.42. The molecule has 1 aliphatic carbocycles. The van der Waals surface area contributed by atoms with Crippen LogP contribution >= 0.6 is 15.9 Å². The Labute approximate surface area is 123 Å². The molecule has 1 saturated carbocycles. The molecule has 1 aromatic rings. The van der Waals surface area contributed by atoms with E-state index in [9.17, 15) is 4.79 Å². The number of carbonyl (C=O) groups is 1. The Morgan fingerprint density at radius 1 is 1.37 bits per heavy atom. The number of nitrogens with one attached hydrogen (secondary N) is 1. The van der Waals surface area contributed by atoms with Crippen molar-refractivity contribution in [2.45, 2.75) is 50.6 Å². The van der Waals surface area contributed by atoms with E-state index in [2.05, 4.69) is 21.2 Å². The maximum atomic E-state index is 12.1. The molecule has 0 spiro atoms. The van der Waals surface area contributed by atoms with Crippen LogP contribution in [0.2, 0.25) is 0 Å². The zero-order chi connectivity index (χ0) is 13.9. The molecule has 104 valence electrons. The van der Waals surface area contributed by atoms with Crippen LogP contribution in [-0.2, 0) is 4.79 Å². The average molecular weight is 325 g/mol. The normalized spacial score (nSPS) is 19.1. The summed E-state index contributed by atoms with van der Waals surface area (Å²) in [4.78, 5) is 12.1. The van der Waals surface area contributed by atoms with E-state index in [0.29, 0.717) is 6.42 Å². The summed E-state index contributed by atoms with van der Waals surface area (Å²) in [5.74, 6) is 0.0554. The molecule has 0 aromatic heterocycles. The molecular formula is C15H21BrN2O. The first-order valence-corrected chi connectivity index (χ1v) is 7.62. The van der Waals surface area contributed by atoms with Gasteiger partial charge < -0.3 is 11.1 Å². The lowest BCUT2D eigenvalue weighted by Gasteiger charge is -2.24. The van der Waals surface area contributed by atoms with Crippen LogP contribution < -0.4 is 11.1 Å². The molecule has 3 nitrogen and oxygen atoms in total. The van der Waals surface area contributed by atoms with Gasteiger partial charge in [0, 0.05) is 16.4 Å². The van der Waals surface area contributed by atoms with Crippen molar-refractivity contribution in [3.05, 3.63) is 34.3 Å². The van der Waals surface area contributed by atoms with Gasteiger partial charge in [0.05, 0.1) is 6.04 Å². The van der Waals surface area contributed by atoms with E-state index in [1.165, 1.54) is 0 Å². The summed E-state index contributed by atoms with van der Waals surface area (Å²) in [5.41, 5.74) is 7.06. The molecule has 1 aliphatic rings. The fourth-order valence-corrected chi connectivity index (χ4v) is 2.97. The van der Waals surface area contributed by atoms with Crippen LogP contribution in [0.25, 0.3) is 0 Å². The second-order valence-electron chi connectivity index (χ2n) is 5.59. The Kier molecular flexibility index (Phi) is 4.63. The fourth-order valence-electron chi connectivity index (χ4n) is 2.70. The molecule has 0 radical (unpaired) electrons. The standard InChI is InChI=1S/C15H21BrN2O/c1-11(12-4-6-13(16)7-5-12)18-14(19)10-15(17)8-2-3-9-15/h4-7,11H,2-3,8-10,17H2,1H3,(H,18,19). The number of nitrogens with two attached hydrogens (primary N) is 1. The molecule has 1 fully saturated rings. The summed E-state index contributed by atoms with van der Waals surface area (Å²) in [6.07, 6.45) is 4.66. The first-order chi connectivity index (χ1) is 8.98. The van der Waals surface area contributed by atoms with Crippen LogP contribution in [0.3, 0.4) is 0 Å². The lowest BCUT2D eigenvalue weighted by molar-refractivity contribution is -0.122. The third-order valence-electron chi connectivity index (χ3n) is 3.86. The lowest BCUT2D eigenvalue weighted by atomic mass is 9.94. The second kappa shape index (κ2) is 6.06. The first kappa shape index (κ1) is 14.5. The van der Waals surface area contributed by atoms with Crippen LogP contribution in [0.15, 0.2) is 28.7 Å². The van der Waals surface area contributed by atoms with Gasteiger partial charge in [-0.3, -0.25) is 4.79 Å². The molecule has 1 unspecified atom stereocenters. The average Bonchev–Trinajstić information content (AvgIpc) is 2.76. The highest BCUT2D eigenvalue weighted by Crippen LogP contribution is 2.30. The molecule has 0 heterocycles. The van der Waals surface area contributed by atoms with E-state index < -0.39 is 0 Å². The van der Waals surface area contributed by atoms with Crippen molar-refractivity contribution < 1.29 is 4.79 Å². The van der Waals surface area contributed by atoms with Crippen LogP contribution in [0.4, 0.5) is 0 Å². The molecule has 0 aliphatic heterocycles. The van der Waals surface area contributed by atoms with Gasteiger partial charge in [-0.1, -0.05) is 40.9 Å². The molecule has 1 atom stereocenters. The number of hydrogen-bond acceptors (Lipinski definition) is 2. The number of amides is 1. The summed E-state index contributed by atoms with van der Waals surface area (Å²) >= 11 is 3.41. The van der Waals surface area contributed by atoms with Crippen molar-refractivity contribution in [1.29, 1.82) is 0 Å². The second-order valence-corrected chi connectivity index (χ2v) is 6.50. The monoisotopic (exact) mass is 324 g/mol. The highest BCUT2D eigenvalue weighted by molar-refractivity contribution is 9.10. The van der Waals surface area contributed by atoms with E-state index in [-0.39, 0.29) is 17.5 Å². The summed E-state index contributed by atoms with van der Waals surface area (Å²) in [5, 5.41) is 3.03. The molecule has 3 N–H and O–H groups in total. The van der Waals surface area contributed by atoms with Gasteiger partial charge in [-0.25, -0.2) is 0 Å². The number of benzene rings is 1. The van der Waals surface area contributed by atoms with Gasteiger partial charge in [-0.05, 0) is 37.5 Å². The Bertz CT molecular complexity index is 438. The summed E-state index contributed by atoms with van der Waals surface area (Å²) in [6.45, 7) is 2.00. The minimum atomic E-state index is -0.274. The molecule has 19 heavy (non-hydrogen) atoms. The van der Waals surface area contributed by atoms with Crippen LogP contribution in [-0.4, -0.2) is 11.4 Å². The van der Waals surface area contributed by atoms with E-state index in [1.807, 2.05) is 31.2 Å². The summed E-state index contributed by atoms with van der Waals surface area (Å²) in [6, 6.07) is 8.02. The minimum Gasteiger partial charge on any atom is -0.350 e. The van der Waals surface area contributed by atoms with Crippen molar-refractivity contribution in [1.82, 2.24) is 5.32 Å². The predicted molar refractivity (Wildman–Crippen MR) is 80.7 cm³/mol. The Morgan fingerprint density at radius 3 is 2.53 bits per heavy atom. The number of rotatable bonds is 4. The highest BCUT2D eigenvalue weighted by atomic mass is 79.9. The van der Waals surface area contributed by atoms with E-state index >= 15 is 0 Å².